The second-order valence-corrected chi connectivity index (χ2v) is 13.8. The van der Waals surface area contributed by atoms with Crippen molar-refractivity contribution in [2.24, 2.45) is 0 Å². The van der Waals surface area contributed by atoms with E-state index in [0.29, 0.717) is 23.3 Å². The molecule has 0 saturated carbocycles. The predicted octanol–water partition coefficient (Wildman–Crippen LogP) is 5.37. The lowest BCUT2D eigenvalue weighted by Gasteiger charge is -2.36. The van der Waals surface area contributed by atoms with Crippen LogP contribution in [-0.4, -0.2) is 65.8 Å². The van der Waals surface area contributed by atoms with Crippen molar-refractivity contribution in [2.45, 2.75) is 44.4 Å². The zero-order valence-electron chi connectivity index (χ0n) is 23.5. The Bertz CT molecular complexity index is 1600. The quantitative estimate of drug-likeness (QED) is 0.311. The Morgan fingerprint density at radius 1 is 1.00 bits per heavy atom. The molecule has 4 aromatic rings. The molecule has 5 rings (SSSR count). The van der Waals surface area contributed by atoms with Gasteiger partial charge in [-0.05, 0) is 96.2 Å². The first-order valence-electron chi connectivity index (χ1n) is 13.4. The molecule has 0 unspecified atom stereocenters. The summed E-state index contributed by atoms with van der Waals surface area (Å²) in [6.07, 6.45) is 5.82. The molecule has 0 aliphatic carbocycles. The number of halogens is 1. The third kappa shape index (κ3) is 5.75. The van der Waals surface area contributed by atoms with Crippen LogP contribution in [0.2, 0.25) is 0 Å². The molecule has 2 N–H and O–H groups in total. The Kier molecular flexibility index (Phi) is 7.45. The fourth-order valence-electron chi connectivity index (χ4n) is 4.75. The number of fused-ring (bicyclic) bond motifs is 1. The van der Waals surface area contributed by atoms with Crippen LogP contribution >= 0.6 is 0 Å². The Morgan fingerprint density at radius 2 is 1.68 bits per heavy atom. The molecule has 0 amide bonds. The molecule has 1 aliphatic rings. The van der Waals surface area contributed by atoms with E-state index in [4.69, 9.17) is 4.98 Å². The van der Waals surface area contributed by atoms with Crippen molar-refractivity contribution in [1.82, 2.24) is 19.4 Å². The van der Waals surface area contributed by atoms with Gasteiger partial charge in [0.25, 0.3) is 0 Å². The van der Waals surface area contributed by atoms with Crippen LogP contribution < -0.4 is 14.9 Å². The van der Waals surface area contributed by atoms with Gasteiger partial charge in [0.05, 0.1) is 10.4 Å². The SMILES string of the molecule is CN(C)C1CCN(c2ccc(Nc3ncc4ccn(-c5ccc(F)c(NS(=O)(=O)C(C)(C)C)c5)c4n3)cc2)CC1. The Labute approximate surface area is 235 Å². The minimum Gasteiger partial charge on any atom is -0.371 e. The lowest BCUT2D eigenvalue weighted by atomic mass is 10.0. The zero-order chi connectivity index (χ0) is 28.7. The van der Waals surface area contributed by atoms with Crippen LogP contribution in [0.1, 0.15) is 33.6 Å². The number of nitrogens with one attached hydrogen (secondary N) is 2. The van der Waals surface area contributed by atoms with Gasteiger partial charge in [-0.25, -0.2) is 17.8 Å². The molecule has 1 saturated heterocycles. The van der Waals surface area contributed by atoms with Crippen molar-refractivity contribution in [3.05, 3.63) is 66.7 Å². The Morgan fingerprint density at radius 3 is 2.33 bits per heavy atom. The van der Waals surface area contributed by atoms with Crippen LogP contribution in [0.4, 0.5) is 27.4 Å². The molecule has 2 aromatic carbocycles. The van der Waals surface area contributed by atoms with Gasteiger partial charge in [-0.3, -0.25) is 4.72 Å². The normalized spacial score (nSPS) is 15.1. The second-order valence-electron chi connectivity index (χ2n) is 11.4. The van der Waals surface area contributed by atoms with Gasteiger partial charge in [-0.1, -0.05) is 0 Å². The first-order valence-corrected chi connectivity index (χ1v) is 14.8. The van der Waals surface area contributed by atoms with E-state index in [2.05, 4.69) is 51.1 Å². The highest BCUT2D eigenvalue weighted by molar-refractivity contribution is 7.94. The number of aromatic nitrogens is 3. The zero-order valence-corrected chi connectivity index (χ0v) is 24.3. The second kappa shape index (κ2) is 10.7. The molecule has 0 atom stereocenters. The van der Waals surface area contributed by atoms with Crippen LogP contribution in [-0.2, 0) is 10.0 Å². The fraction of sp³-hybridized carbons (Fsp3) is 0.379. The van der Waals surface area contributed by atoms with Crippen molar-refractivity contribution in [1.29, 1.82) is 0 Å². The molecule has 1 aliphatic heterocycles. The molecule has 212 valence electrons. The van der Waals surface area contributed by atoms with Gasteiger partial charge < -0.3 is 19.7 Å². The molecular formula is C29H36FN7O2S. The third-order valence-corrected chi connectivity index (χ3v) is 9.49. The van der Waals surface area contributed by atoms with Gasteiger partial charge in [-0.15, -0.1) is 0 Å². The smallest absolute Gasteiger partial charge is 0.237 e. The van der Waals surface area contributed by atoms with Crippen molar-refractivity contribution in [3.8, 4) is 5.69 Å². The molecule has 11 heteroatoms. The first kappa shape index (κ1) is 27.9. The minimum atomic E-state index is -3.80. The summed E-state index contributed by atoms with van der Waals surface area (Å²) < 4.78 is 42.9. The Hall–Kier alpha value is -3.70. The number of hydrogen-bond donors (Lipinski definition) is 2. The molecule has 2 aromatic heterocycles. The topological polar surface area (TPSA) is 95.4 Å². The summed E-state index contributed by atoms with van der Waals surface area (Å²) in [5, 5.41) is 4.07. The molecule has 0 radical (unpaired) electrons. The van der Waals surface area contributed by atoms with Crippen molar-refractivity contribution in [2.75, 3.05) is 42.1 Å². The van der Waals surface area contributed by atoms with E-state index in [1.165, 1.54) is 17.8 Å². The van der Waals surface area contributed by atoms with Gasteiger partial charge in [0.2, 0.25) is 16.0 Å². The lowest BCUT2D eigenvalue weighted by molar-refractivity contribution is 0.249. The average molecular weight is 566 g/mol. The van der Waals surface area contributed by atoms with Crippen molar-refractivity contribution < 1.29 is 12.8 Å². The Balaban J connectivity index is 1.35. The van der Waals surface area contributed by atoms with Crippen LogP contribution in [0.25, 0.3) is 16.7 Å². The average Bonchev–Trinajstić information content (AvgIpc) is 3.33. The predicted molar refractivity (Wildman–Crippen MR) is 160 cm³/mol. The van der Waals surface area contributed by atoms with E-state index < -0.39 is 20.6 Å². The highest BCUT2D eigenvalue weighted by atomic mass is 32.2. The highest BCUT2D eigenvalue weighted by Gasteiger charge is 2.30. The van der Waals surface area contributed by atoms with Gasteiger partial charge >= 0.3 is 0 Å². The lowest BCUT2D eigenvalue weighted by Crippen LogP contribution is -2.41. The molecule has 0 spiro atoms. The maximum atomic E-state index is 14.6. The molecule has 1 fully saturated rings. The number of nitrogens with zero attached hydrogens (tertiary/aromatic N) is 5. The van der Waals surface area contributed by atoms with E-state index >= 15 is 0 Å². The number of anilines is 4. The number of hydrogen-bond acceptors (Lipinski definition) is 7. The summed E-state index contributed by atoms with van der Waals surface area (Å²) in [7, 11) is 0.491. The highest BCUT2D eigenvalue weighted by Crippen LogP contribution is 2.28. The van der Waals surface area contributed by atoms with E-state index in [1.807, 2.05) is 18.2 Å². The van der Waals surface area contributed by atoms with Gasteiger partial charge in [0, 0.05) is 54.0 Å². The maximum Gasteiger partial charge on any atom is 0.237 e. The standard InChI is InChI=1S/C29H36FN7O2S/c1-29(2,3)40(38,39)34-26-18-24(10-11-25(26)30)37-17-12-20-19-31-28(33-27(20)37)32-21-6-8-23(9-7-21)36-15-13-22(14-16-36)35(4)5/h6-12,17-19,22,34H,13-16H2,1-5H3,(H,31,32,33). The first-order chi connectivity index (χ1) is 18.9. The molecule has 9 nitrogen and oxygen atoms in total. The van der Waals surface area contributed by atoms with Gasteiger partial charge in [0.15, 0.2) is 0 Å². The summed E-state index contributed by atoms with van der Waals surface area (Å²) in [5.74, 6) is -0.238. The third-order valence-electron chi connectivity index (χ3n) is 7.39. The summed E-state index contributed by atoms with van der Waals surface area (Å²) in [6.45, 7) is 6.75. The van der Waals surface area contributed by atoms with Crippen LogP contribution in [0.5, 0.6) is 0 Å². The number of piperidine rings is 1. The molecule has 40 heavy (non-hydrogen) atoms. The van der Waals surface area contributed by atoms with Crippen molar-refractivity contribution in [3.63, 3.8) is 0 Å². The fourth-order valence-corrected chi connectivity index (χ4v) is 5.50. The van der Waals surface area contributed by atoms with E-state index in [0.717, 1.165) is 37.0 Å². The summed E-state index contributed by atoms with van der Waals surface area (Å²) in [6, 6.07) is 15.0. The van der Waals surface area contributed by atoms with Gasteiger partial charge in [0.1, 0.15) is 11.5 Å². The molecule has 3 heterocycles. The summed E-state index contributed by atoms with van der Waals surface area (Å²) in [4.78, 5) is 13.9. The van der Waals surface area contributed by atoms with E-state index in [-0.39, 0.29) is 5.69 Å². The summed E-state index contributed by atoms with van der Waals surface area (Å²) in [5.41, 5.74) is 3.11. The molecular weight excluding hydrogens is 529 g/mol. The summed E-state index contributed by atoms with van der Waals surface area (Å²) >= 11 is 0. The van der Waals surface area contributed by atoms with Crippen molar-refractivity contribution >= 4 is 44.1 Å². The van der Waals surface area contributed by atoms with Gasteiger partial charge in [-0.2, -0.15) is 4.98 Å². The van der Waals surface area contributed by atoms with Crippen LogP contribution in [0.3, 0.4) is 0 Å². The van der Waals surface area contributed by atoms with Crippen LogP contribution in [0, 0.1) is 5.82 Å². The van der Waals surface area contributed by atoms with E-state index in [1.54, 1.807) is 43.8 Å². The monoisotopic (exact) mass is 565 g/mol. The molecule has 0 bridgehead atoms. The minimum absolute atomic E-state index is 0.118. The number of benzene rings is 2. The number of rotatable bonds is 7. The maximum absolute atomic E-state index is 14.6. The number of sulfonamides is 1. The van der Waals surface area contributed by atoms with E-state index in [9.17, 15) is 12.8 Å². The largest absolute Gasteiger partial charge is 0.371 e. The van der Waals surface area contributed by atoms with Crippen LogP contribution in [0.15, 0.2) is 60.9 Å².